The van der Waals surface area contributed by atoms with E-state index in [1.54, 1.807) is 6.92 Å². The maximum Gasteiger partial charge on any atom is 0.263 e. The molecule has 1 aromatic rings. The minimum absolute atomic E-state index is 0.265. The fourth-order valence-corrected chi connectivity index (χ4v) is 2.86. The molecule has 1 aliphatic rings. The molecule has 0 N–H and O–H groups in total. The Bertz CT molecular complexity index is 529. The molecule has 4 nitrogen and oxygen atoms in total. The number of hydrogen-bond donors (Lipinski definition) is 0. The highest BCUT2D eigenvalue weighted by Crippen LogP contribution is 2.32. The van der Waals surface area contributed by atoms with Crippen LogP contribution in [-0.4, -0.2) is 16.8 Å². The summed E-state index contributed by atoms with van der Waals surface area (Å²) in [6.45, 7) is 7.69. The van der Waals surface area contributed by atoms with E-state index in [1.807, 2.05) is 20.8 Å². The summed E-state index contributed by atoms with van der Waals surface area (Å²) in [6, 6.07) is 0. The second-order valence-electron chi connectivity index (χ2n) is 4.40. The molecule has 0 radical (unpaired) electrons. The number of amides is 2. The van der Waals surface area contributed by atoms with Crippen LogP contribution in [0.1, 0.15) is 37.3 Å². The molecule has 0 unspecified atom stereocenters. The predicted molar refractivity (Wildman–Crippen MR) is 67.2 cm³/mol. The second kappa shape index (κ2) is 4.07. The number of imide groups is 1. The van der Waals surface area contributed by atoms with E-state index in [1.165, 1.54) is 17.4 Å². The summed E-state index contributed by atoms with van der Waals surface area (Å²) < 4.78 is 0. The molecule has 0 saturated heterocycles. The summed E-state index contributed by atoms with van der Waals surface area (Å²) >= 11 is 1.39. The second-order valence-corrected chi connectivity index (χ2v) is 5.58. The maximum absolute atomic E-state index is 11.8. The van der Waals surface area contributed by atoms with Crippen LogP contribution in [0.2, 0.25) is 0 Å². The summed E-state index contributed by atoms with van der Waals surface area (Å²) in [4.78, 5) is 30.1. The van der Waals surface area contributed by atoms with Crippen LogP contribution in [0.5, 0.6) is 0 Å². The number of carbonyl (C=O) groups is 2. The normalized spacial score (nSPS) is 16.1. The summed E-state index contributed by atoms with van der Waals surface area (Å²) in [5, 5.41) is 0.481. The molecule has 0 saturated carbocycles. The van der Waals surface area contributed by atoms with E-state index in [4.69, 9.17) is 0 Å². The third-order valence-corrected chi connectivity index (χ3v) is 3.63. The van der Waals surface area contributed by atoms with Crippen molar-refractivity contribution in [3.8, 4) is 0 Å². The molecule has 1 aliphatic heterocycles. The van der Waals surface area contributed by atoms with Gasteiger partial charge in [0.25, 0.3) is 11.8 Å². The van der Waals surface area contributed by atoms with Crippen LogP contribution in [-0.2, 0) is 9.59 Å². The van der Waals surface area contributed by atoms with E-state index >= 15 is 0 Å². The molecule has 2 heterocycles. The molecule has 2 amide bonds. The van der Waals surface area contributed by atoms with Crippen LogP contribution in [0.4, 0.5) is 5.13 Å². The molecule has 17 heavy (non-hydrogen) atoms. The number of aromatic nitrogens is 1. The molecule has 0 atom stereocenters. The van der Waals surface area contributed by atoms with E-state index in [0.717, 1.165) is 15.5 Å². The third-order valence-electron chi connectivity index (χ3n) is 2.66. The monoisotopic (exact) mass is 250 g/mol. The van der Waals surface area contributed by atoms with Gasteiger partial charge in [0.2, 0.25) is 0 Å². The fourth-order valence-electron chi connectivity index (χ4n) is 1.79. The molecule has 90 valence electrons. The van der Waals surface area contributed by atoms with Crippen LogP contribution in [0, 0.1) is 6.92 Å². The highest BCUT2D eigenvalue weighted by Gasteiger charge is 2.32. The molecule has 1 aromatic heterocycles. The van der Waals surface area contributed by atoms with Gasteiger partial charge in [-0.2, -0.15) is 0 Å². The molecule has 0 bridgehead atoms. The zero-order valence-electron chi connectivity index (χ0n) is 10.3. The quantitative estimate of drug-likeness (QED) is 0.757. The zero-order chi connectivity index (χ0) is 12.7. The van der Waals surface area contributed by atoms with E-state index in [2.05, 4.69) is 4.98 Å². The molecule has 2 rings (SSSR count). The van der Waals surface area contributed by atoms with Crippen molar-refractivity contribution in [2.45, 2.75) is 33.6 Å². The summed E-state index contributed by atoms with van der Waals surface area (Å²) in [6.07, 6.45) is 1.36. The lowest BCUT2D eigenvalue weighted by molar-refractivity contribution is -0.120. The fraction of sp³-hybridized carbons (Fsp3) is 0.417. The topological polar surface area (TPSA) is 50.3 Å². The van der Waals surface area contributed by atoms with Gasteiger partial charge in [-0.15, -0.1) is 11.3 Å². The van der Waals surface area contributed by atoms with Gasteiger partial charge in [-0.3, -0.25) is 9.59 Å². The van der Waals surface area contributed by atoms with Crippen molar-refractivity contribution >= 4 is 28.3 Å². The Morgan fingerprint density at radius 3 is 2.35 bits per heavy atom. The lowest BCUT2D eigenvalue weighted by atomic mass is 10.1. The van der Waals surface area contributed by atoms with Crippen LogP contribution in [0.15, 0.2) is 11.6 Å². The highest BCUT2D eigenvalue weighted by atomic mass is 32.1. The van der Waals surface area contributed by atoms with Crippen LogP contribution < -0.4 is 4.90 Å². The van der Waals surface area contributed by atoms with Gasteiger partial charge >= 0.3 is 0 Å². The first-order valence-electron chi connectivity index (χ1n) is 5.46. The number of carbonyl (C=O) groups excluding carboxylic acids is 2. The predicted octanol–water partition coefficient (Wildman–Crippen LogP) is 2.39. The van der Waals surface area contributed by atoms with Crippen molar-refractivity contribution in [3.63, 3.8) is 0 Å². The van der Waals surface area contributed by atoms with Gasteiger partial charge in [0.15, 0.2) is 5.13 Å². The van der Waals surface area contributed by atoms with Gasteiger partial charge in [-0.05, 0) is 19.8 Å². The first-order chi connectivity index (χ1) is 7.91. The van der Waals surface area contributed by atoms with Crippen molar-refractivity contribution in [2.24, 2.45) is 0 Å². The van der Waals surface area contributed by atoms with E-state index in [9.17, 15) is 9.59 Å². The van der Waals surface area contributed by atoms with E-state index < -0.39 is 0 Å². The van der Waals surface area contributed by atoms with Crippen molar-refractivity contribution in [1.29, 1.82) is 0 Å². The Kier molecular flexibility index (Phi) is 2.87. The lowest BCUT2D eigenvalue weighted by Crippen LogP contribution is -2.30. The molecular formula is C12H14N2O2S. The molecule has 0 spiro atoms. The zero-order valence-corrected chi connectivity index (χ0v) is 11.1. The summed E-state index contributed by atoms with van der Waals surface area (Å²) in [5.41, 5.74) is 1.42. The minimum Gasteiger partial charge on any atom is -0.269 e. The molecular weight excluding hydrogens is 236 g/mol. The van der Waals surface area contributed by atoms with Crippen molar-refractivity contribution in [2.75, 3.05) is 4.90 Å². The van der Waals surface area contributed by atoms with E-state index in [0.29, 0.717) is 16.6 Å². The Hall–Kier alpha value is -1.49. The average molecular weight is 250 g/mol. The Morgan fingerprint density at radius 1 is 1.29 bits per heavy atom. The summed E-state index contributed by atoms with van der Waals surface area (Å²) in [5.74, 6) is -0.266. The van der Waals surface area contributed by atoms with Gasteiger partial charge < -0.3 is 0 Å². The van der Waals surface area contributed by atoms with Gasteiger partial charge in [0, 0.05) is 16.5 Å². The smallest absolute Gasteiger partial charge is 0.263 e. The van der Waals surface area contributed by atoms with Crippen LogP contribution in [0.3, 0.4) is 0 Å². The van der Waals surface area contributed by atoms with Gasteiger partial charge in [0.1, 0.15) is 0 Å². The van der Waals surface area contributed by atoms with Gasteiger partial charge in [0.05, 0.1) is 5.69 Å². The van der Waals surface area contributed by atoms with Crippen molar-refractivity contribution < 1.29 is 9.59 Å². The molecule has 0 aromatic carbocycles. The maximum atomic E-state index is 11.8. The third kappa shape index (κ3) is 1.91. The number of rotatable bonds is 2. The lowest BCUT2D eigenvalue weighted by Gasteiger charge is -2.09. The minimum atomic E-state index is -0.295. The Balaban J connectivity index is 2.40. The van der Waals surface area contributed by atoms with Gasteiger partial charge in [-0.25, -0.2) is 9.88 Å². The number of hydrogen-bond acceptors (Lipinski definition) is 4. The van der Waals surface area contributed by atoms with Crippen molar-refractivity contribution in [1.82, 2.24) is 4.98 Å². The number of nitrogens with zero attached hydrogens (tertiary/aromatic N) is 2. The highest BCUT2D eigenvalue weighted by molar-refractivity contribution is 7.16. The standard InChI is InChI=1S/C12H14N2O2S/c1-6(2)10-8(4)17-12(13-10)14-9(15)5-7(3)11(14)16/h5-6H,1-4H3. The van der Waals surface area contributed by atoms with Crippen molar-refractivity contribution in [3.05, 3.63) is 22.2 Å². The first kappa shape index (κ1) is 12.0. The largest absolute Gasteiger partial charge is 0.269 e. The average Bonchev–Trinajstić information content (AvgIpc) is 2.70. The number of thiazole rings is 1. The van der Waals surface area contributed by atoms with Crippen LogP contribution in [0.25, 0.3) is 0 Å². The first-order valence-corrected chi connectivity index (χ1v) is 6.27. The number of anilines is 1. The molecule has 0 aliphatic carbocycles. The Labute approximate surface area is 104 Å². The van der Waals surface area contributed by atoms with Crippen LogP contribution >= 0.6 is 11.3 Å². The summed E-state index contributed by atoms with van der Waals surface area (Å²) in [7, 11) is 0. The molecule has 0 fully saturated rings. The SMILES string of the molecule is CC1=CC(=O)N(c2nc(C(C)C)c(C)s2)C1=O. The van der Waals surface area contributed by atoms with Gasteiger partial charge in [-0.1, -0.05) is 13.8 Å². The molecule has 5 heteroatoms. The Morgan fingerprint density at radius 2 is 1.94 bits per heavy atom. The van der Waals surface area contributed by atoms with E-state index in [-0.39, 0.29) is 11.8 Å². The number of aryl methyl sites for hydroxylation is 1.